The second-order valence-electron chi connectivity index (χ2n) is 9.58. The minimum Gasteiger partial charge on any atom is -0.479 e. The first-order valence-corrected chi connectivity index (χ1v) is 11.8. The molecular formula is C24H34N2O12. The molecule has 3 rings (SSSR count). The van der Waals surface area contributed by atoms with Crippen LogP contribution in [-0.4, -0.2) is 125 Å². The van der Waals surface area contributed by atoms with Gasteiger partial charge in [-0.25, -0.2) is 4.79 Å². The van der Waals surface area contributed by atoms with E-state index in [0.29, 0.717) is 11.3 Å². The van der Waals surface area contributed by atoms with Crippen molar-refractivity contribution in [1.29, 1.82) is 5.41 Å². The molecule has 7 N–H and O–H groups in total. The van der Waals surface area contributed by atoms with Gasteiger partial charge < -0.3 is 59.9 Å². The number of aliphatic hydroxyl groups excluding tert-OH is 4. The summed E-state index contributed by atoms with van der Waals surface area (Å²) in [4.78, 5) is 25.0. The quantitative estimate of drug-likeness (QED) is 0.177. The summed E-state index contributed by atoms with van der Waals surface area (Å²) >= 11 is 0. The van der Waals surface area contributed by atoms with Gasteiger partial charge in [0.05, 0.1) is 5.60 Å². The van der Waals surface area contributed by atoms with Crippen LogP contribution in [0.1, 0.15) is 19.4 Å². The second kappa shape index (κ2) is 12.1. The molecule has 212 valence electrons. The summed E-state index contributed by atoms with van der Waals surface area (Å²) in [5, 5.41) is 62.1. The first-order chi connectivity index (χ1) is 17.9. The van der Waals surface area contributed by atoms with Gasteiger partial charge in [-0.2, -0.15) is 0 Å². The van der Waals surface area contributed by atoms with E-state index >= 15 is 0 Å². The Morgan fingerprint density at radius 3 is 2.05 bits per heavy atom. The minimum atomic E-state index is -1.77. The molecule has 2 saturated heterocycles. The summed E-state index contributed by atoms with van der Waals surface area (Å²) in [6, 6.07) is 6.34. The molecule has 0 saturated carbocycles. The molecule has 38 heavy (non-hydrogen) atoms. The van der Waals surface area contributed by atoms with E-state index in [1.807, 2.05) is 0 Å². The van der Waals surface area contributed by atoms with Gasteiger partial charge in [0.2, 0.25) is 0 Å². The van der Waals surface area contributed by atoms with Crippen molar-refractivity contribution in [2.75, 3.05) is 19.5 Å². The number of hydrogen-bond acceptors (Lipinski definition) is 12. The number of aliphatic carboxylic acids is 1. The van der Waals surface area contributed by atoms with Crippen molar-refractivity contribution >= 4 is 23.8 Å². The van der Waals surface area contributed by atoms with Crippen LogP contribution in [0, 0.1) is 5.41 Å². The highest BCUT2D eigenvalue weighted by molar-refractivity contribution is 5.95. The molecule has 1 aromatic carbocycles. The Balaban J connectivity index is 1.84. The van der Waals surface area contributed by atoms with Gasteiger partial charge in [0.15, 0.2) is 18.5 Å². The van der Waals surface area contributed by atoms with E-state index in [1.54, 1.807) is 24.3 Å². The zero-order valence-electron chi connectivity index (χ0n) is 21.3. The van der Waals surface area contributed by atoms with Crippen LogP contribution < -0.4 is 5.32 Å². The molecule has 2 heterocycles. The number of carbonyl (C=O) groups is 2. The summed E-state index contributed by atoms with van der Waals surface area (Å²) in [6.07, 6.45) is -14.6. The number of carboxylic acids is 1. The molecule has 14 nitrogen and oxygen atoms in total. The molecule has 0 aliphatic carbocycles. The van der Waals surface area contributed by atoms with E-state index in [0.717, 1.165) is 13.3 Å². The van der Waals surface area contributed by atoms with Gasteiger partial charge >= 0.3 is 5.97 Å². The maximum absolute atomic E-state index is 13.1. The molecule has 0 aromatic heterocycles. The highest BCUT2D eigenvalue weighted by atomic mass is 16.7. The standard InChI is InChI=1S/C24H34N2O12/c1-24(2,38-17-13(28)15(30)23(35-4)37-19(17)22(32)33)20-14(29)12(27)16(34-3)18(36-20)21(31)26-11-7-5-10(9-25)6-8-11/h5-9,12-20,23,25,27-30H,1-4H3,(H,26,31)(H,32,33). The number of anilines is 1. The van der Waals surface area contributed by atoms with E-state index < -0.39 is 78.7 Å². The number of ether oxygens (including phenoxy) is 5. The van der Waals surface area contributed by atoms with Gasteiger partial charge in [-0.05, 0) is 31.5 Å². The highest BCUT2D eigenvalue weighted by Crippen LogP contribution is 2.35. The van der Waals surface area contributed by atoms with Crippen LogP contribution in [0.5, 0.6) is 0 Å². The number of rotatable bonds is 9. The average Bonchev–Trinajstić information content (AvgIpc) is 2.88. The lowest BCUT2D eigenvalue weighted by atomic mass is 9.85. The van der Waals surface area contributed by atoms with Crippen LogP contribution in [0.25, 0.3) is 0 Å². The zero-order valence-corrected chi connectivity index (χ0v) is 21.3. The van der Waals surface area contributed by atoms with Crippen LogP contribution >= 0.6 is 0 Å². The third-order valence-electron chi connectivity index (χ3n) is 6.61. The van der Waals surface area contributed by atoms with Gasteiger partial charge in [0.1, 0.15) is 42.7 Å². The molecule has 1 amide bonds. The van der Waals surface area contributed by atoms with E-state index in [9.17, 15) is 35.1 Å². The van der Waals surface area contributed by atoms with Crippen LogP contribution in [0.15, 0.2) is 24.3 Å². The van der Waals surface area contributed by atoms with Crippen molar-refractivity contribution in [3.8, 4) is 0 Å². The van der Waals surface area contributed by atoms with Crippen LogP contribution in [0.3, 0.4) is 0 Å². The maximum Gasteiger partial charge on any atom is 0.335 e. The molecule has 2 fully saturated rings. The first-order valence-electron chi connectivity index (χ1n) is 11.8. The normalized spacial score (nSPS) is 35.9. The van der Waals surface area contributed by atoms with E-state index in [2.05, 4.69) is 5.32 Å². The predicted molar refractivity (Wildman–Crippen MR) is 129 cm³/mol. The van der Waals surface area contributed by atoms with E-state index in [4.69, 9.17) is 29.1 Å². The first kappa shape index (κ1) is 30.0. The molecule has 2 aliphatic heterocycles. The van der Waals surface area contributed by atoms with Gasteiger partial charge in [0.25, 0.3) is 5.91 Å². The third kappa shape index (κ3) is 6.03. The summed E-state index contributed by atoms with van der Waals surface area (Å²) in [5.41, 5.74) is -0.661. The Labute approximate surface area is 218 Å². The molecule has 10 atom stereocenters. The predicted octanol–water partition coefficient (Wildman–Crippen LogP) is -1.53. The number of benzene rings is 1. The van der Waals surface area contributed by atoms with Gasteiger partial charge in [-0.3, -0.25) is 4.79 Å². The fourth-order valence-electron chi connectivity index (χ4n) is 4.57. The van der Waals surface area contributed by atoms with Crippen LogP contribution in [-0.2, 0) is 33.3 Å². The number of amides is 1. The SMILES string of the molecule is COC1OC(C(=O)O)C(OC(C)(C)C2OC(C(=O)Nc3ccc(C=N)cc3)C(OC)C(O)C2O)C(O)C1O. The fourth-order valence-corrected chi connectivity index (χ4v) is 4.57. The molecule has 0 radical (unpaired) electrons. The molecule has 0 bridgehead atoms. The van der Waals surface area contributed by atoms with Crippen LogP contribution in [0.2, 0.25) is 0 Å². The number of methoxy groups -OCH3 is 2. The highest BCUT2D eigenvalue weighted by Gasteiger charge is 2.56. The minimum absolute atomic E-state index is 0.375. The maximum atomic E-state index is 13.1. The number of carboxylic acid groups (broad SMARTS) is 1. The average molecular weight is 543 g/mol. The number of hydrogen-bond donors (Lipinski definition) is 7. The molecular weight excluding hydrogens is 508 g/mol. The third-order valence-corrected chi connectivity index (χ3v) is 6.61. The number of carbonyl (C=O) groups excluding carboxylic acids is 1. The van der Waals surface area contributed by atoms with Crippen molar-refractivity contribution in [3.05, 3.63) is 29.8 Å². The van der Waals surface area contributed by atoms with Gasteiger partial charge in [-0.1, -0.05) is 12.1 Å². The molecule has 0 spiro atoms. The Kier molecular flexibility index (Phi) is 9.57. The number of aliphatic hydroxyl groups is 4. The van der Waals surface area contributed by atoms with Crippen molar-refractivity contribution in [1.82, 2.24) is 0 Å². The summed E-state index contributed by atoms with van der Waals surface area (Å²) in [5.74, 6) is -2.22. The number of nitrogens with one attached hydrogen (secondary N) is 2. The van der Waals surface area contributed by atoms with Gasteiger partial charge in [-0.15, -0.1) is 0 Å². The summed E-state index contributed by atoms with van der Waals surface area (Å²) in [7, 11) is 2.39. The fraction of sp³-hybridized carbons (Fsp3) is 0.625. The monoisotopic (exact) mass is 542 g/mol. The van der Waals surface area contributed by atoms with Crippen molar-refractivity contribution in [2.45, 2.75) is 80.7 Å². The molecule has 10 unspecified atom stereocenters. The van der Waals surface area contributed by atoms with Crippen LogP contribution in [0.4, 0.5) is 5.69 Å². The Morgan fingerprint density at radius 1 is 0.921 bits per heavy atom. The second-order valence-corrected chi connectivity index (χ2v) is 9.58. The van der Waals surface area contributed by atoms with Crippen molar-refractivity contribution < 1.29 is 58.8 Å². The summed E-state index contributed by atoms with van der Waals surface area (Å²) in [6.45, 7) is 2.79. The van der Waals surface area contributed by atoms with Crippen molar-refractivity contribution in [2.24, 2.45) is 0 Å². The molecule has 1 aromatic rings. The molecule has 2 aliphatic rings. The smallest absolute Gasteiger partial charge is 0.335 e. The largest absolute Gasteiger partial charge is 0.479 e. The Hall–Kier alpha value is -2.53. The lowest BCUT2D eigenvalue weighted by molar-refractivity contribution is -0.324. The van der Waals surface area contributed by atoms with Gasteiger partial charge in [0, 0.05) is 26.1 Å². The Morgan fingerprint density at radius 2 is 1.53 bits per heavy atom. The zero-order chi connectivity index (χ0) is 28.4. The lowest BCUT2D eigenvalue weighted by Crippen LogP contribution is -2.68. The van der Waals surface area contributed by atoms with Crippen molar-refractivity contribution in [3.63, 3.8) is 0 Å². The van der Waals surface area contributed by atoms with E-state index in [1.165, 1.54) is 21.0 Å². The summed E-state index contributed by atoms with van der Waals surface area (Å²) < 4.78 is 27.1. The Bertz CT molecular complexity index is 989. The van der Waals surface area contributed by atoms with E-state index in [-0.39, 0.29) is 0 Å². The topological polar surface area (TPSA) is 217 Å². The molecule has 14 heteroatoms. The lowest BCUT2D eigenvalue weighted by Gasteiger charge is -2.49.